The number of benzene rings is 2. The predicted octanol–water partition coefficient (Wildman–Crippen LogP) is 10.8. The molecule has 240 valence electrons. The van der Waals surface area contributed by atoms with Gasteiger partial charge >= 0.3 is 11.9 Å². The molecule has 0 aliphatic carbocycles. The minimum Gasteiger partial charge on any atom is -0.483 e. The van der Waals surface area contributed by atoms with Crippen molar-refractivity contribution in [3.8, 4) is 21.4 Å². The van der Waals surface area contributed by atoms with Crippen LogP contribution in [0.5, 0.6) is 10.8 Å². The van der Waals surface area contributed by atoms with Gasteiger partial charge in [0, 0.05) is 5.56 Å². The first kappa shape index (κ1) is 35.3. The number of aromatic nitrogens is 1. The smallest absolute Gasteiger partial charge is 0.343 e. The number of carbonyl (C=O) groups is 2. The van der Waals surface area contributed by atoms with Crippen LogP contribution in [0.4, 0.5) is 0 Å². The number of hydrogen-bond donors (Lipinski definition) is 0. The van der Waals surface area contributed by atoms with Gasteiger partial charge in [-0.15, -0.1) is 0 Å². The van der Waals surface area contributed by atoms with Crippen LogP contribution in [-0.2, 0) is 4.74 Å². The molecule has 1 aromatic heterocycles. The Morgan fingerprint density at radius 1 is 0.705 bits per heavy atom. The summed E-state index contributed by atoms with van der Waals surface area (Å²) in [5, 5.41) is 1.66. The number of carbonyl (C=O) groups excluding carboxylic acids is 2. The average molecular weight is 622 g/mol. The van der Waals surface area contributed by atoms with Crippen LogP contribution in [0, 0.1) is 0 Å². The third kappa shape index (κ3) is 13.2. The van der Waals surface area contributed by atoms with Crippen molar-refractivity contribution in [2.45, 2.75) is 123 Å². The molecule has 7 heteroatoms. The minimum absolute atomic E-state index is 0.127. The van der Waals surface area contributed by atoms with Crippen LogP contribution in [-0.4, -0.2) is 29.6 Å². The van der Waals surface area contributed by atoms with E-state index in [2.05, 4.69) is 18.8 Å². The third-order valence-electron chi connectivity index (χ3n) is 7.67. The molecule has 0 aliphatic rings. The van der Waals surface area contributed by atoms with Crippen LogP contribution in [0.15, 0.2) is 54.7 Å². The summed E-state index contributed by atoms with van der Waals surface area (Å²) >= 11 is 1.51. The number of nitrogens with zero attached hydrogens (tertiary/aromatic N) is 1. The highest BCUT2D eigenvalue weighted by atomic mass is 32.1. The molecule has 0 saturated carbocycles. The summed E-state index contributed by atoms with van der Waals surface area (Å²) in [7, 11) is 0. The maximum absolute atomic E-state index is 12.7. The molecular weight excluding hydrogens is 570 g/mol. The fraction of sp³-hybridized carbons (Fsp3) is 0.541. The van der Waals surface area contributed by atoms with Gasteiger partial charge in [0.1, 0.15) is 10.8 Å². The summed E-state index contributed by atoms with van der Waals surface area (Å²) in [5.41, 5.74) is 1.79. The van der Waals surface area contributed by atoms with Gasteiger partial charge in [-0.1, -0.05) is 114 Å². The van der Waals surface area contributed by atoms with Crippen molar-refractivity contribution < 1.29 is 23.8 Å². The SMILES string of the molecule is CCCCCCCCCCCCOc1cnc(-c2ccc(C(=O)Oc3ccc(C(=O)O[C@@H](C)CCCCCC)cc3)cc2)s1. The molecule has 44 heavy (non-hydrogen) atoms. The largest absolute Gasteiger partial charge is 0.483 e. The number of esters is 2. The van der Waals surface area contributed by atoms with Crippen LogP contribution in [0.1, 0.15) is 138 Å². The molecule has 3 aromatic rings. The zero-order chi connectivity index (χ0) is 31.4. The Morgan fingerprint density at radius 2 is 1.25 bits per heavy atom. The summed E-state index contributed by atoms with van der Waals surface area (Å²) in [6.07, 6.45) is 20.1. The van der Waals surface area contributed by atoms with Crippen molar-refractivity contribution in [2.75, 3.05) is 6.61 Å². The third-order valence-corrected chi connectivity index (χ3v) is 8.63. The van der Waals surface area contributed by atoms with Gasteiger partial charge in [-0.3, -0.25) is 0 Å². The number of ether oxygens (including phenoxy) is 3. The molecular formula is C37H51NO5S. The standard InChI is InChI=1S/C37H51NO5S/c1-4-6-8-10-11-12-13-14-15-17-27-41-34-28-38-35(44-34)30-19-21-31(22-20-30)37(40)43-33-25-23-32(24-26-33)36(39)42-29(3)18-16-9-7-5-2/h19-26,28-29H,4-18,27H2,1-3H3/t29-/m0/s1. The predicted molar refractivity (Wildman–Crippen MR) is 180 cm³/mol. The van der Waals surface area contributed by atoms with E-state index in [4.69, 9.17) is 14.2 Å². The van der Waals surface area contributed by atoms with E-state index < -0.39 is 5.97 Å². The van der Waals surface area contributed by atoms with Gasteiger partial charge in [-0.2, -0.15) is 0 Å². The normalized spacial score (nSPS) is 11.7. The zero-order valence-corrected chi connectivity index (χ0v) is 27.8. The molecule has 0 aliphatic heterocycles. The second kappa shape index (κ2) is 20.7. The Hall–Kier alpha value is -3.19. The Labute approximate surface area is 268 Å². The first-order valence-corrected chi connectivity index (χ1v) is 17.5. The second-order valence-corrected chi connectivity index (χ2v) is 12.6. The van der Waals surface area contributed by atoms with Crippen molar-refractivity contribution in [3.05, 3.63) is 65.9 Å². The molecule has 0 saturated heterocycles. The van der Waals surface area contributed by atoms with E-state index in [1.54, 1.807) is 42.6 Å². The summed E-state index contributed by atoms with van der Waals surface area (Å²) in [5.74, 6) is -0.462. The first-order valence-electron chi connectivity index (χ1n) is 16.7. The number of unbranched alkanes of at least 4 members (excludes halogenated alkanes) is 12. The highest BCUT2D eigenvalue weighted by molar-refractivity contribution is 7.16. The quantitative estimate of drug-likeness (QED) is 0.0631. The van der Waals surface area contributed by atoms with E-state index in [1.165, 1.54) is 82.0 Å². The lowest BCUT2D eigenvalue weighted by molar-refractivity contribution is 0.0319. The molecule has 1 atom stereocenters. The topological polar surface area (TPSA) is 74.7 Å². The van der Waals surface area contributed by atoms with Crippen LogP contribution >= 0.6 is 11.3 Å². The lowest BCUT2D eigenvalue weighted by Crippen LogP contribution is -2.15. The van der Waals surface area contributed by atoms with Gasteiger partial charge in [0.05, 0.1) is 30.0 Å². The Bertz CT molecular complexity index is 1220. The molecule has 0 unspecified atom stereocenters. The van der Waals surface area contributed by atoms with Gasteiger partial charge in [-0.25, -0.2) is 14.6 Å². The van der Waals surface area contributed by atoms with Crippen LogP contribution in [0.3, 0.4) is 0 Å². The summed E-state index contributed by atoms with van der Waals surface area (Å²) < 4.78 is 17.0. The summed E-state index contributed by atoms with van der Waals surface area (Å²) in [4.78, 5) is 29.7. The maximum atomic E-state index is 12.7. The van der Waals surface area contributed by atoms with E-state index in [-0.39, 0.29) is 12.1 Å². The molecule has 6 nitrogen and oxygen atoms in total. The van der Waals surface area contributed by atoms with Crippen LogP contribution in [0.2, 0.25) is 0 Å². The number of hydrogen-bond acceptors (Lipinski definition) is 7. The Balaban J connectivity index is 1.36. The van der Waals surface area contributed by atoms with E-state index in [9.17, 15) is 9.59 Å². The highest BCUT2D eigenvalue weighted by Gasteiger charge is 2.14. The van der Waals surface area contributed by atoms with Crippen molar-refractivity contribution in [1.82, 2.24) is 4.98 Å². The van der Waals surface area contributed by atoms with E-state index in [0.29, 0.717) is 23.5 Å². The van der Waals surface area contributed by atoms with E-state index in [0.717, 1.165) is 41.3 Å². The molecule has 0 spiro atoms. The van der Waals surface area contributed by atoms with Crippen molar-refractivity contribution in [1.29, 1.82) is 0 Å². The number of thiazole rings is 1. The van der Waals surface area contributed by atoms with Crippen molar-refractivity contribution in [2.24, 2.45) is 0 Å². The van der Waals surface area contributed by atoms with Gasteiger partial charge in [0.25, 0.3) is 0 Å². The zero-order valence-electron chi connectivity index (χ0n) is 27.0. The van der Waals surface area contributed by atoms with Crippen molar-refractivity contribution >= 4 is 23.3 Å². The Morgan fingerprint density at radius 3 is 1.89 bits per heavy atom. The summed E-state index contributed by atoms with van der Waals surface area (Å²) in [6, 6.07) is 13.7. The van der Waals surface area contributed by atoms with E-state index in [1.807, 2.05) is 19.1 Å². The lowest BCUT2D eigenvalue weighted by Gasteiger charge is -2.13. The first-order chi connectivity index (χ1) is 21.5. The van der Waals surface area contributed by atoms with Gasteiger partial charge in [0.15, 0.2) is 5.06 Å². The molecule has 0 fully saturated rings. The van der Waals surface area contributed by atoms with Crippen molar-refractivity contribution in [3.63, 3.8) is 0 Å². The van der Waals surface area contributed by atoms with Crippen LogP contribution in [0.25, 0.3) is 10.6 Å². The maximum Gasteiger partial charge on any atom is 0.343 e. The average Bonchev–Trinajstić information content (AvgIpc) is 3.51. The molecule has 0 radical (unpaired) electrons. The minimum atomic E-state index is -0.466. The molecule has 2 aromatic carbocycles. The van der Waals surface area contributed by atoms with E-state index >= 15 is 0 Å². The monoisotopic (exact) mass is 621 g/mol. The molecule has 3 rings (SSSR count). The van der Waals surface area contributed by atoms with Crippen LogP contribution < -0.4 is 9.47 Å². The van der Waals surface area contributed by atoms with Gasteiger partial charge < -0.3 is 14.2 Å². The fourth-order valence-corrected chi connectivity index (χ4v) is 5.76. The van der Waals surface area contributed by atoms with Gasteiger partial charge in [0.2, 0.25) is 0 Å². The molecule has 0 N–H and O–H groups in total. The van der Waals surface area contributed by atoms with Gasteiger partial charge in [-0.05, 0) is 62.6 Å². The molecule has 1 heterocycles. The molecule has 0 bridgehead atoms. The molecule has 0 amide bonds. The Kier molecular flexibility index (Phi) is 16.6. The highest BCUT2D eigenvalue weighted by Crippen LogP contribution is 2.30. The fourth-order valence-electron chi connectivity index (χ4n) is 4.96. The number of rotatable bonds is 22. The summed E-state index contributed by atoms with van der Waals surface area (Å²) in [6.45, 7) is 7.07. The lowest BCUT2D eigenvalue weighted by atomic mass is 10.1. The second-order valence-electron chi connectivity index (χ2n) is 11.6.